The van der Waals surface area contributed by atoms with Crippen LogP contribution in [0.2, 0.25) is 0 Å². The van der Waals surface area contributed by atoms with Gasteiger partial charge >= 0.3 is 7.12 Å². The Kier molecular flexibility index (Phi) is 4.05. The van der Waals surface area contributed by atoms with Gasteiger partial charge in [0.1, 0.15) is 0 Å². The molecule has 0 N–H and O–H groups in total. The fourth-order valence-corrected chi connectivity index (χ4v) is 1.66. The van der Waals surface area contributed by atoms with Crippen molar-refractivity contribution in [1.29, 1.82) is 0 Å². The standard InChI is InChI=1S/C14H23BO2/c1-8-10-12(11(3)9-2)15-16-13(4,5)14(6,7)17-15/h8-10H,1H2,2-7H3. The Morgan fingerprint density at radius 1 is 1.12 bits per heavy atom. The molecule has 94 valence electrons. The first kappa shape index (κ1) is 14.3. The molecule has 1 heterocycles. The number of hydrogen-bond acceptors (Lipinski definition) is 2. The first-order valence-electron chi connectivity index (χ1n) is 6.06. The van der Waals surface area contributed by atoms with Crippen molar-refractivity contribution in [1.82, 2.24) is 0 Å². The first-order chi connectivity index (χ1) is 7.75. The van der Waals surface area contributed by atoms with Gasteiger partial charge in [0.2, 0.25) is 0 Å². The van der Waals surface area contributed by atoms with E-state index in [1.54, 1.807) is 6.08 Å². The summed E-state index contributed by atoms with van der Waals surface area (Å²) in [5, 5.41) is 0. The van der Waals surface area contributed by atoms with Crippen LogP contribution in [-0.4, -0.2) is 18.3 Å². The van der Waals surface area contributed by atoms with Crippen molar-refractivity contribution in [3.05, 3.63) is 35.9 Å². The molecule has 1 saturated heterocycles. The highest BCUT2D eigenvalue weighted by atomic mass is 16.7. The predicted molar refractivity (Wildman–Crippen MR) is 73.8 cm³/mol. The largest absolute Gasteiger partial charge is 0.495 e. The molecule has 0 unspecified atom stereocenters. The van der Waals surface area contributed by atoms with Crippen LogP contribution in [0.1, 0.15) is 41.5 Å². The van der Waals surface area contributed by atoms with Gasteiger partial charge in [0.15, 0.2) is 0 Å². The second kappa shape index (κ2) is 4.83. The molecule has 0 amide bonds. The van der Waals surface area contributed by atoms with Gasteiger partial charge in [0.25, 0.3) is 0 Å². The zero-order valence-electron chi connectivity index (χ0n) is 11.8. The van der Waals surface area contributed by atoms with Crippen molar-refractivity contribution in [2.45, 2.75) is 52.7 Å². The summed E-state index contributed by atoms with van der Waals surface area (Å²) in [6, 6.07) is 0. The highest BCUT2D eigenvalue weighted by Crippen LogP contribution is 2.39. The van der Waals surface area contributed by atoms with Crippen LogP contribution in [0.5, 0.6) is 0 Å². The fourth-order valence-electron chi connectivity index (χ4n) is 1.66. The van der Waals surface area contributed by atoms with E-state index in [1.807, 2.05) is 13.0 Å². The maximum atomic E-state index is 6.02. The molecule has 0 saturated carbocycles. The summed E-state index contributed by atoms with van der Waals surface area (Å²) in [5.41, 5.74) is 1.60. The van der Waals surface area contributed by atoms with E-state index in [1.165, 1.54) is 0 Å². The average Bonchev–Trinajstić information content (AvgIpc) is 2.43. The smallest absolute Gasteiger partial charge is 0.399 e. The Morgan fingerprint density at radius 3 is 1.94 bits per heavy atom. The molecule has 17 heavy (non-hydrogen) atoms. The molecule has 2 nitrogen and oxygen atoms in total. The van der Waals surface area contributed by atoms with Crippen LogP contribution in [0.25, 0.3) is 0 Å². The summed E-state index contributed by atoms with van der Waals surface area (Å²) in [4.78, 5) is 0. The zero-order valence-corrected chi connectivity index (χ0v) is 11.8. The molecular weight excluding hydrogens is 211 g/mol. The van der Waals surface area contributed by atoms with Crippen LogP contribution in [0.3, 0.4) is 0 Å². The lowest BCUT2D eigenvalue weighted by Gasteiger charge is -2.32. The Balaban J connectivity index is 3.03. The van der Waals surface area contributed by atoms with Crippen LogP contribution in [0.15, 0.2) is 35.9 Å². The minimum absolute atomic E-state index is 0.300. The number of rotatable bonds is 3. The lowest BCUT2D eigenvalue weighted by Crippen LogP contribution is -2.41. The quantitative estimate of drug-likeness (QED) is 0.547. The minimum atomic E-state index is -0.311. The third-order valence-electron chi connectivity index (χ3n) is 3.69. The molecule has 0 aliphatic carbocycles. The fraction of sp³-hybridized carbons (Fsp3) is 0.571. The molecule has 0 atom stereocenters. The molecule has 0 aromatic carbocycles. The van der Waals surface area contributed by atoms with E-state index >= 15 is 0 Å². The minimum Gasteiger partial charge on any atom is -0.399 e. The first-order valence-corrected chi connectivity index (χ1v) is 6.06. The van der Waals surface area contributed by atoms with Crippen molar-refractivity contribution < 1.29 is 9.31 Å². The molecule has 1 aliphatic heterocycles. The molecule has 3 heteroatoms. The van der Waals surface area contributed by atoms with Crippen molar-refractivity contribution in [3.63, 3.8) is 0 Å². The lowest BCUT2D eigenvalue weighted by molar-refractivity contribution is 0.00578. The SMILES string of the molecule is C=CC=C(B1OC(C)(C)C(C)(C)O1)C(C)=CC. The van der Waals surface area contributed by atoms with E-state index in [0.29, 0.717) is 0 Å². The summed E-state index contributed by atoms with van der Waals surface area (Å²) in [5.74, 6) is 0. The monoisotopic (exact) mass is 234 g/mol. The second-order valence-corrected chi connectivity index (χ2v) is 5.42. The Morgan fingerprint density at radius 2 is 1.59 bits per heavy atom. The van der Waals surface area contributed by atoms with Crippen molar-refractivity contribution >= 4 is 7.12 Å². The van der Waals surface area contributed by atoms with Crippen molar-refractivity contribution in [2.75, 3.05) is 0 Å². The normalized spacial score (nSPS) is 24.0. The van der Waals surface area contributed by atoms with Crippen LogP contribution in [0, 0.1) is 0 Å². The van der Waals surface area contributed by atoms with Gasteiger partial charge in [-0.15, -0.1) is 0 Å². The van der Waals surface area contributed by atoms with E-state index in [-0.39, 0.29) is 18.3 Å². The summed E-state index contributed by atoms with van der Waals surface area (Å²) in [6.45, 7) is 16.1. The molecule has 0 radical (unpaired) electrons. The Hall–Kier alpha value is -0.795. The van der Waals surface area contributed by atoms with E-state index in [4.69, 9.17) is 9.31 Å². The summed E-state index contributed by atoms with van der Waals surface area (Å²) in [7, 11) is -0.311. The molecule has 1 aliphatic rings. The van der Waals surface area contributed by atoms with E-state index < -0.39 is 0 Å². The molecule has 0 spiro atoms. The van der Waals surface area contributed by atoms with E-state index in [2.05, 4.69) is 47.3 Å². The van der Waals surface area contributed by atoms with Gasteiger partial charge in [0.05, 0.1) is 11.2 Å². The average molecular weight is 234 g/mol. The van der Waals surface area contributed by atoms with Gasteiger partial charge in [-0.25, -0.2) is 0 Å². The van der Waals surface area contributed by atoms with Gasteiger partial charge < -0.3 is 9.31 Å². The zero-order chi connectivity index (χ0) is 13.3. The van der Waals surface area contributed by atoms with E-state index in [0.717, 1.165) is 11.0 Å². The van der Waals surface area contributed by atoms with Gasteiger partial charge in [-0.2, -0.15) is 0 Å². The van der Waals surface area contributed by atoms with Gasteiger partial charge in [-0.1, -0.05) is 30.4 Å². The number of allylic oxidation sites excluding steroid dienone is 5. The van der Waals surface area contributed by atoms with Crippen LogP contribution in [-0.2, 0) is 9.31 Å². The van der Waals surface area contributed by atoms with E-state index in [9.17, 15) is 0 Å². The molecule has 1 rings (SSSR count). The third kappa shape index (κ3) is 2.72. The molecule has 0 aromatic heterocycles. The molecule has 0 bridgehead atoms. The molecule has 0 aromatic rings. The van der Waals surface area contributed by atoms with Gasteiger partial charge in [-0.3, -0.25) is 0 Å². The van der Waals surface area contributed by atoms with Crippen molar-refractivity contribution in [3.8, 4) is 0 Å². The Bertz CT molecular complexity index is 348. The van der Waals surface area contributed by atoms with Crippen LogP contribution >= 0.6 is 0 Å². The topological polar surface area (TPSA) is 18.5 Å². The maximum absolute atomic E-state index is 6.02. The number of hydrogen-bond donors (Lipinski definition) is 0. The third-order valence-corrected chi connectivity index (χ3v) is 3.69. The second-order valence-electron chi connectivity index (χ2n) is 5.42. The molecular formula is C14H23BO2. The summed E-state index contributed by atoms with van der Waals surface area (Å²) in [6.07, 6.45) is 5.78. The Labute approximate surface area is 106 Å². The van der Waals surface area contributed by atoms with Gasteiger partial charge in [-0.05, 0) is 47.0 Å². The highest BCUT2D eigenvalue weighted by Gasteiger charge is 2.52. The lowest BCUT2D eigenvalue weighted by atomic mass is 9.74. The van der Waals surface area contributed by atoms with Crippen LogP contribution < -0.4 is 0 Å². The summed E-state index contributed by atoms with van der Waals surface area (Å²) >= 11 is 0. The summed E-state index contributed by atoms with van der Waals surface area (Å²) < 4.78 is 12.0. The highest BCUT2D eigenvalue weighted by molar-refractivity contribution is 6.56. The van der Waals surface area contributed by atoms with Crippen molar-refractivity contribution in [2.24, 2.45) is 0 Å². The predicted octanol–water partition coefficient (Wildman–Crippen LogP) is 3.70. The van der Waals surface area contributed by atoms with Crippen LogP contribution in [0.4, 0.5) is 0 Å². The van der Waals surface area contributed by atoms with Gasteiger partial charge in [0, 0.05) is 0 Å². The molecule has 1 fully saturated rings. The maximum Gasteiger partial charge on any atom is 0.495 e.